The second-order valence-corrected chi connectivity index (χ2v) is 2.92. The second-order valence-electron chi connectivity index (χ2n) is 2.92. The summed E-state index contributed by atoms with van der Waals surface area (Å²) in [7, 11) is 0. The third-order valence-corrected chi connectivity index (χ3v) is 1.93. The number of halogens is 5. The quantitative estimate of drug-likeness (QED) is 0.768. The van der Waals surface area contributed by atoms with Crippen LogP contribution < -0.4 is 0 Å². The van der Waals surface area contributed by atoms with Crippen molar-refractivity contribution in [1.82, 2.24) is 0 Å². The SMILES string of the molecule is OCC(c1cccc(F)c1F)C(F)(F)F. The van der Waals surface area contributed by atoms with Gasteiger partial charge in [0.05, 0.1) is 6.61 Å². The molecule has 1 aromatic rings. The maximum atomic E-state index is 13.0. The van der Waals surface area contributed by atoms with Crippen LogP contribution in [0.5, 0.6) is 0 Å². The predicted molar refractivity (Wildman–Crippen MR) is 42.2 cm³/mol. The predicted octanol–water partition coefficient (Wildman–Crippen LogP) is 2.60. The van der Waals surface area contributed by atoms with E-state index in [0.29, 0.717) is 6.07 Å². The second kappa shape index (κ2) is 4.14. The van der Waals surface area contributed by atoms with Crippen LogP contribution in [0.15, 0.2) is 18.2 Å². The lowest BCUT2D eigenvalue weighted by Gasteiger charge is -2.18. The number of alkyl halides is 3. The zero-order valence-corrected chi connectivity index (χ0v) is 7.35. The summed E-state index contributed by atoms with van der Waals surface area (Å²) < 4.78 is 62.4. The molecule has 0 aromatic heterocycles. The molecule has 84 valence electrons. The molecule has 1 rings (SSSR count). The summed E-state index contributed by atoms with van der Waals surface area (Å²) in [5.74, 6) is -5.34. The molecule has 1 aromatic carbocycles. The molecular formula is C9H7F5O. The zero-order chi connectivity index (χ0) is 11.6. The van der Waals surface area contributed by atoms with Crippen LogP contribution in [0.2, 0.25) is 0 Å². The van der Waals surface area contributed by atoms with Crippen LogP contribution in [0.3, 0.4) is 0 Å². The van der Waals surface area contributed by atoms with Crippen molar-refractivity contribution in [3.8, 4) is 0 Å². The smallest absolute Gasteiger partial charge is 0.395 e. The van der Waals surface area contributed by atoms with E-state index in [0.717, 1.165) is 12.1 Å². The third kappa shape index (κ3) is 2.44. The first-order valence-corrected chi connectivity index (χ1v) is 3.99. The fourth-order valence-electron chi connectivity index (χ4n) is 1.17. The normalized spacial score (nSPS) is 14.0. The molecule has 0 bridgehead atoms. The maximum absolute atomic E-state index is 13.0. The fraction of sp³-hybridized carbons (Fsp3) is 0.333. The van der Waals surface area contributed by atoms with Crippen LogP contribution in [0.4, 0.5) is 22.0 Å². The number of hydrogen-bond donors (Lipinski definition) is 1. The van der Waals surface area contributed by atoms with E-state index in [-0.39, 0.29) is 0 Å². The van der Waals surface area contributed by atoms with Gasteiger partial charge in [0.15, 0.2) is 11.6 Å². The van der Waals surface area contributed by atoms with Crippen molar-refractivity contribution in [2.75, 3.05) is 6.61 Å². The summed E-state index contributed by atoms with van der Waals surface area (Å²) >= 11 is 0. The summed E-state index contributed by atoms with van der Waals surface area (Å²) in [5, 5.41) is 8.52. The van der Waals surface area contributed by atoms with E-state index >= 15 is 0 Å². The van der Waals surface area contributed by atoms with Crippen molar-refractivity contribution < 1.29 is 27.1 Å². The number of aliphatic hydroxyl groups excluding tert-OH is 1. The van der Waals surface area contributed by atoms with Gasteiger partial charge in [-0.05, 0) is 6.07 Å². The van der Waals surface area contributed by atoms with Gasteiger partial charge in [-0.1, -0.05) is 12.1 Å². The first kappa shape index (κ1) is 11.9. The molecule has 1 N–H and O–H groups in total. The van der Waals surface area contributed by atoms with Gasteiger partial charge in [0.25, 0.3) is 0 Å². The van der Waals surface area contributed by atoms with Gasteiger partial charge in [-0.2, -0.15) is 13.2 Å². The minimum Gasteiger partial charge on any atom is -0.395 e. The Morgan fingerprint density at radius 1 is 1.20 bits per heavy atom. The van der Waals surface area contributed by atoms with E-state index in [1.807, 2.05) is 0 Å². The topological polar surface area (TPSA) is 20.2 Å². The Labute approximate surface area is 82.1 Å². The molecule has 0 aliphatic heterocycles. The van der Waals surface area contributed by atoms with Crippen molar-refractivity contribution in [2.24, 2.45) is 0 Å². The Kier molecular flexibility index (Phi) is 3.28. The summed E-state index contributed by atoms with van der Waals surface area (Å²) in [5.41, 5.74) is -0.884. The highest BCUT2D eigenvalue weighted by Crippen LogP contribution is 2.35. The molecule has 0 amide bonds. The molecule has 0 aliphatic rings. The highest BCUT2D eigenvalue weighted by atomic mass is 19.4. The molecule has 6 heteroatoms. The highest BCUT2D eigenvalue weighted by Gasteiger charge is 2.42. The molecule has 0 spiro atoms. The molecule has 0 saturated carbocycles. The van der Waals surface area contributed by atoms with Gasteiger partial charge in [0, 0.05) is 5.56 Å². The first-order chi connectivity index (χ1) is 6.88. The molecule has 0 radical (unpaired) electrons. The van der Waals surface area contributed by atoms with Crippen LogP contribution in [0, 0.1) is 11.6 Å². The van der Waals surface area contributed by atoms with Crippen molar-refractivity contribution in [2.45, 2.75) is 12.1 Å². The van der Waals surface area contributed by atoms with Gasteiger partial charge in [-0.25, -0.2) is 8.78 Å². The van der Waals surface area contributed by atoms with Crippen molar-refractivity contribution in [1.29, 1.82) is 0 Å². The lowest BCUT2D eigenvalue weighted by molar-refractivity contribution is -0.158. The molecule has 1 atom stereocenters. The van der Waals surface area contributed by atoms with Crippen LogP contribution in [-0.2, 0) is 0 Å². The van der Waals surface area contributed by atoms with Crippen LogP contribution in [0.25, 0.3) is 0 Å². The van der Waals surface area contributed by atoms with E-state index in [2.05, 4.69) is 0 Å². The monoisotopic (exact) mass is 226 g/mol. The van der Waals surface area contributed by atoms with Gasteiger partial charge >= 0.3 is 6.18 Å². The summed E-state index contributed by atoms with van der Waals surface area (Å²) in [4.78, 5) is 0. The van der Waals surface area contributed by atoms with Gasteiger partial charge in [-0.3, -0.25) is 0 Å². The van der Waals surface area contributed by atoms with E-state index in [4.69, 9.17) is 5.11 Å². The van der Waals surface area contributed by atoms with Crippen LogP contribution >= 0.6 is 0 Å². The number of hydrogen-bond acceptors (Lipinski definition) is 1. The summed E-state index contributed by atoms with van der Waals surface area (Å²) in [6.45, 7) is -1.32. The van der Waals surface area contributed by atoms with Gasteiger partial charge in [0.1, 0.15) is 5.92 Å². The van der Waals surface area contributed by atoms with Crippen molar-refractivity contribution in [3.63, 3.8) is 0 Å². The zero-order valence-electron chi connectivity index (χ0n) is 7.35. The number of aliphatic hydroxyl groups is 1. The third-order valence-electron chi connectivity index (χ3n) is 1.93. The molecule has 0 saturated heterocycles. The minimum atomic E-state index is -4.80. The first-order valence-electron chi connectivity index (χ1n) is 3.99. The standard InChI is InChI=1S/C9H7F5O/c10-7-3-1-2-5(8(7)11)6(4-15)9(12,13)14/h1-3,6,15H,4H2. The van der Waals surface area contributed by atoms with Gasteiger partial charge in [0.2, 0.25) is 0 Å². The minimum absolute atomic E-state index is 0.712. The average Bonchev–Trinajstić information content (AvgIpc) is 2.11. The van der Waals surface area contributed by atoms with E-state index in [1.165, 1.54) is 0 Å². The Morgan fingerprint density at radius 2 is 1.80 bits per heavy atom. The Hall–Kier alpha value is -1.17. The lowest BCUT2D eigenvalue weighted by Crippen LogP contribution is -2.25. The van der Waals surface area contributed by atoms with Crippen LogP contribution in [-0.4, -0.2) is 17.9 Å². The Balaban J connectivity index is 3.19. The highest BCUT2D eigenvalue weighted by molar-refractivity contribution is 5.24. The number of rotatable bonds is 2. The van der Waals surface area contributed by atoms with Crippen molar-refractivity contribution >= 4 is 0 Å². The summed E-state index contributed by atoms with van der Waals surface area (Å²) in [6, 6.07) is 2.47. The molecule has 1 unspecified atom stereocenters. The van der Waals surface area contributed by atoms with Crippen LogP contribution in [0.1, 0.15) is 11.5 Å². The van der Waals surface area contributed by atoms with E-state index in [9.17, 15) is 22.0 Å². The largest absolute Gasteiger partial charge is 0.398 e. The molecule has 0 aliphatic carbocycles. The van der Waals surface area contributed by atoms with Crippen molar-refractivity contribution in [3.05, 3.63) is 35.4 Å². The average molecular weight is 226 g/mol. The fourth-order valence-corrected chi connectivity index (χ4v) is 1.17. The maximum Gasteiger partial charge on any atom is 0.398 e. The van der Waals surface area contributed by atoms with Gasteiger partial charge in [-0.15, -0.1) is 0 Å². The molecular weight excluding hydrogens is 219 g/mol. The lowest BCUT2D eigenvalue weighted by atomic mass is 9.99. The molecule has 0 fully saturated rings. The Bertz CT molecular complexity index is 347. The van der Waals surface area contributed by atoms with Gasteiger partial charge < -0.3 is 5.11 Å². The molecule has 0 heterocycles. The van der Waals surface area contributed by atoms with E-state index in [1.54, 1.807) is 0 Å². The molecule has 1 nitrogen and oxygen atoms in total. The summed E-state index contributed by atoms with van der Waals surface area (Å²) in [6.07, 6.45) is -4.80. The molecule has 15 heavy (non-hydrogen) atoms. The Morgan fingerprint density at radius 3 is 2.27 bits per heavy atom. The number of benzene rings is 1. The van der Waals surface area contributed by atoms with E-state index < -0.39 is 35.9 Å².